The van der Waals surface area contributed by atoms with Gasteiger partial charge in [-0.05, 0) is 31.2 Å². The fourth-order valence-electron chi connectivity index (χ4n) is 1.31. The Hall–Kier alpha value is -2.08. The largest absolute Gasteiger partial charge is 0.484 e. The Bertz CT molecular complexity index is 482. The van der Waals surface area contributed by atoms with Crippen molar-refractivity contribution < 1.29 is 14.0 Å². The molecular weight excluding hydrogens is 234 g/mol. The van der Waals surface area contributed by atoms with E-state index in [0.29, 0.717) is 36.4 Å². The smallest absolute Gasteiger partial charge is 0.264 e. The molecular formula is C12H15N3O3. The van der Waals surface area contributed by atoms with Gasteiger partial charge in [0.25, 0.3) is 5.89 Å². The molecule has 2 N–H and O–H groups in total. The number of nitrogen functional groups attached to an aromatic ring is 1. The zero-order valence-electron chi connectivity index (χ0n) is 10.1. The fraction of sp³-hybridized carbons (Fsp3) is 0.333. The fourth-order valence-corrected chi connectivity index (χ4v) is 1.31. The third-order valence-corrected chi connectivity index (χ3v) is 2.19. The van der Waals surface area contributed by atoms with Crippen molar-refractivity contribution in [3.05, 3.63) is 36.0 Å². The summed E-state index contributed by atoms with van der Waals surface area (Å²) in [4.78, 5) is 4.13. The van der Waals surface area contributed by atoms with E-state index < -0.39 is 0 Å². The van der Waals surface area contributed by atoms with Gasteiger partial charge in [0.2, 0.25) is 0 Å². The van der Waals surface area contributed by atoms with Crippen LogP contribution in [-0.2, 0) is 18.0 Å². The van der Waals surface area contributed by atoms with Crippen LogP contribution in [0.25, 0.3) is 0 Å². The van der Waals surface area contributed by atoms with Crippen molar-refractivity contribution in [1.82, 2.24) is 10.1 Å². The van der Waals surface area contributed by atoms with Crippen LogP contribution in [0.4, 0.5) is 5.69 Å². The van der Waals surface area contributed by atoms with Crippen LogP contribution in [-0.4, -0.2) is 16.7 Å². The molecule has 0 spiro atoms. The van der Waals surface area contributed by atoms with Crippen LogP contribution in [0.5, 0.6) is 5.75 Å². The zero-order chi connectivity index (χ0) is 12.8. The molecule has 2 aromatic rings. The lowest BCUT2D eigenvalue weighted by Gasteiger charge is -2.02. The minimum atomic E-state index is 0.225. The first-order valence-corrected chi connectivity index (χ1v) is 5.65. The number of ether oxygens (including phenoxy) is 2. The minimum Gasteiger partial charge on any atom is -0.484 e. The van der Waals surface area contributed by atoms with Crippen molar-refractivity contribution in [3.8, 4) is 5.75 Å². The Morgan fingerprint density at radius 2 is 2.00 bits per heavy atom. The average Bonchev–Trinajstić information content (AvgIpc) is 2.84. The van der Waals surface area contributed by atoms with Crippen molar-refractivity contribution in [2.75, 3.05) is 12.3 Å². The monoisotopic (exact) mass is 249 g/mol. The third kappa shape index (κ3) is 3.46. The first-order chi connectivity index (χ1) is 8.78. The summed E-state index contributed by atoms with van der Waals surface area (Å²) in [7, 11) is 0. The molecule has 0 aliphatic heterocycles. The highest BCUT2D eigenvalue weighted by molar-refractivity contribution is 5.41. The summed E-state index contributed by atoms with van der Waals surface area (Å²) in [6.45, 7) is 3.10. The highest BCUT2D eigenvalue weighted by Crippen LogP contribution is 2.14. The lowest BCUT2D eigenvalue weighted by molar-refractivity contribution is 0.126. The van der Waals surface area contributed by atoms with Crippen LogP contribution in [0.1, 0.15) is 18.6 Å². The molecule has 96 valence electrons. The Kier molecular flexibility index (Phi) is 4.14. The molecule has 6 heteroatoms. The molecule has 0 radical (unpaired) electrons. The highest BCUT2D eigenvalue weighted by atomic mass is 16.5. The molecule has 18 heavy (non-hydrogen) atoms. The van der Waals surface area contributed by atoms with E-state index in [1.807, 2.05) is 6.92 Å². The van der Waals surface area contributed by atoms with Gasteiger partial charge in [-0.1, -0.05) is 5.16 Å². The van der Waals surface area contributed by atoms with E-state index in [4.69, 9.17) is 19.7 Å². The molecule has 0 amide bonds. The van der Waals surface area contributed by atoms with Gasteiger partial charge in [-0.3, -0.25) is 0 Å². The predicted octanol–water partition coefficient (Wildman–Crippen LogP) is 1.77. The second-order valence-electron chi connectivity index (χ2n) is 3.60. The van der Waals surface area contributed by atoms with Crippen molar-refractivity contribution in [2.24, 2.45) is 0 Å². The zero-order valence-corrected chi connectivity index (χ0v) is 10.1. The topological polar surface area (TPSA) is 83.4 Å². The van der Waals surface area contributed by atoms with Crippen molar-refractivity contribution in [2.45, 2.75) is 20.1 Å². The van der Waals surface area contributed by atoms with E-state index in [1.54, 1.807) is 24.3 Å². The summed E-state index contributed by atoms with van der Waals surface area (Å²) < 4.78 is 15.7. The standard InChI is InChI=1S/C12H15N3O3/c1-2-16-7-11-14-12(18-15-11)8-17-10-5-3-9(13)4-6-10/h3-6H,2,7-8,13H2,1H3. The number of nitrogens with zero attached hydrogens (tertiary/aromatic N) is 2. The molecule has 0 bridgehead atoms. The van der Waals surface area contributed by atoms with E-state index in [0.717, 1.165) is 0 Å². The molecule has 0 saturated heterocycles. The first-order valence-electron chi connectivity index (χ1n) is 5.65. The van der Waals surface area contributed by atoms with E-state index in [-0.39, 0.29) is 6.61 Å². The van der Waals surface area contributed by atoms with E-state index in [1.165, 1.54) is 0 Å². The molecule has 1 aromatic carbocycles. The van der Waals surface area contributed by atoms with Crippen molar-refractivity contribution in [1.29, 1.82) is 0 Å². The number of rotatable bonds is 6. The van der Waals surface area contributed by atoms with Crippen LogP contribution >= 0.6 is 0 Å². The SMILES string of the molecule is CCOCc1noc(COc2ccc(N)cc2)n1. The van der Waals surface area contributed by atoms with Gasteiger partial charge in [-0.25, -0.2) is 0 Å². The second kappa shape index (κ2) is 6.02. The number of hydrogen-bond acceptors (Lipinski definition) is 6. The normalized spacial score (nSPS) is 10.5. The van der Waals surface area contributed by atoms with Gasteiger partial charge in [-0.2, -0.15) is 4.98 Å². The van der Waals surface area contributed by atoms with Gasteiger partial charge in [0, 0.05) is 12.3 Å². The average molecular weight is 249 g/mol. The lowest BCUT2D eigenvalue weighted by Crippen LogP contribution is -1.97. The Morgan fingerprint density at radius 3 is 2.72 bits per heavy atom. The maximum atomic E-state index is 5.57. The Balaban J connectivity index is 1.86. The number of aromatic nitrogens is 2. The maximum absolute atomic E-state index is 5.57. The predicted molar refractivity (Wildman–Crippen MR) is 64.8 cm³/mol. The number of nitrogens with two attached hydrogens (primary N) is 1. The number of hydrogen-bond donors (Lipinski definition) is 1. The van der Waals surface area contributed by atoms with Gasteiger partial charge in [0.15, 0.2) is 12.4 Å². The van der Waals surface area contributed by atoms with Crippen molar-refractivity contribution >= 4 is 5.69 Å². The van der Waals surface area contributed by atoms with Crippen LogP contribution in [0, 0.1) is 0 Å². The van der Waals surface area contributed by atoms with E-state index in [2.05, 4.69) is 10.1 Å². The van der Waals surface area contributed by atoms with Crippen LogP contribution < -0.4 is 10.5 Å². The van der Waals surface area contributed by atoms with Crippen LogP contribution in [0.3, 0.4) is 0 Å². The van der Waals surface area contributed by atoms with Crippen LogP contribution in [0.2, 0.25) is 0 Å². The molecule has 1 heterocycles. The summed E-state index contributed by atoms with van der Waals surface area (Å²) in [5.41, 5.74) is 6.27. The molecule has 0 unspecified atom stereocenters. The number of benzene rings is 1. The molecule has 1 aromatic heterocycles. The summed E-state index contributed by atoms with van der Waals surface area (Å²) in [5, 5.41) is 3.77. The van der Waals surface area contributed by atoms with E-state index >= 15 is 0 Å². The summed E-state index contributed by atoms with van der Waals surface area (Å²) in [5.74, 6) is 1.64. The quantitative estimate of drug-likeness (QED) is 0.785. The molecule has 0 atom stereocenters. The summed E-state index contributed by atoms with van der Waals surface area (Å²) in [6.07, 6.45) is 0. The van der Waals surface area contributed by atoms with Gasteiger partial charge in [-0.15, -0.1) is 0 Å². The molecule has 6 nitrogen and oxygen atoms in total. The Labute approximate surface area is 105 Å². The third-order valence-electron chi connectivity index (χ3n) is 2.19. The number of anilines is 1. The maximum Gasteiger partial charge on any atom is 0.264 e. The first kappa shape index (κ1) is 12.4. The Morgan fingerprint density at radius 1 is 1.22 bits per heavy atom. The summed E-state index contributed by atoms with van der Waals surface area (Å²) in [6, 6.07) is 7.10. The lowest BCUT2D eigenvalue weighted by atomic mass is 10.3. The van der Waals surface area contributed by atoms with Crippen molar-refractivity contribution in [3.63, 3.8) is 0 Å². The van der Waals surface area contributed by atoms with Gasteiger partial charge >= 0.3 is 0 Å². The second-order valence-corrected chi connectivity index (χ2v) is 3.60. The molecule has 0 aliphatic rings. The minimum absolute atomic E-state index is 0.225. The molecule has 0 fully saturated rings. The van der Waals surface area contributed by atoms with E-state index in [9.17, 15) is 0 Å². The molecule has 2 rings (SSSR count). The highest BCUT2D eigenvalue weighted by Gasteiger charge is 2.06. The summed E-state index contributed by atoms with van der Waals surface area (Å²) >= 11 is 0. The molecule has 0 aliphatic carbocycles. The van der Waals surface area contributed by atoms with Gasteiger partial charge in [0.1, 0.15) is 12.4 Å². The molecule has 0 saturated carbocycles. The van der Waals surface area contributed by atoms with Crippen LogP contribution in [0.15, 0.2) is 28.8 Å². The van der Waals surface area contributed by atoms with Gasteiger partial charge < -0.3 is 19.7 Å². The van der Waals surface area contributed by atoms with Gasteiger partial charge in [0.05, 0.1) is 0 Å².